The van der Waals surface area contributed by atoms with E-state index in [2.05, 4.69) is 10.6 Å². The number of rotatable bonds is 6. The quantitative estimate of drug-likeness (QED) is 0.703. The van der Waals surface area contributed by atoms with Crippen molar-refractivity contribution < 1.29 is 18.8 Å². The lowest BCUT2D eigenvalue weighted by molar-refractivity contribution is -0.135. The van der Waals surface area contributed by atoms with Crippen molar-refractivity contribution in [3.05, 3.63) is 42.0 Å². The van der Waals surface area contributed by atoms with Gasteiger partial charge in [-0.05, 0) is 24.5 Å². The fraction of sp³-hybridized carbons (Fsp3) is 0.429. The summed E-state index contributed by atoms with van der Waals surface area (Å²) in [4.78, 5) is 38.1. The van der Waals surface area contributed by atoms with Gasteiger partial charge in [-0.15, -0.1) is 0 Å². The number of hydrogen-bond acceptors (Lipinski definition) is 4. The molecular formula is C21H23FN4O3. The zero-order chi connectivity index (χ0) is 20.8. The maximum absolute atomic E-state index is 14.0. The van der Waals surface area contributed by atoms with Crippen LogP contribution in [0.1, 0.15) is 24.8 Å². The van der Waals surface area contributed by atoms with Gasteiger partial charge in [0.05, 0.1) is 12.6 Å². The molecule has 0 saturated carbocycles. The van der Waals surface area contributed by atoms with Crippen molar-refractivity contribution in [1.82, 2.24) is 15.5 Å². The minimum Gasteiger partial charge on any atom is -0.356 e. The Morgan fingerprint density at radius 2 is 2.14 bits per heavy atom. The first-order chi connectivity index (χ1) is 14.0. The van der Waals surface area contributed by atoms with Gasteiger partial charge in [0.2, 0.25) is 17.7 Å². The molecule has 0 unspecified atom stereocenters. The van der Waals surface area contributed by atoms with Crippen LogP contribution in [0.3, 0.4) is 0 Å². The number of nitriles is 1. The Morgan fingerprint density at radius 3 is 2.79 bits per heavy atom. The number of alkyl halides is 1. The van der Waals surface area contributed by atoms with Crippen LogP contribution in [0.15, 0.2) is 36.4 Å². The van der Waals surface area contributed by atoms with Gasteiger partial charge in [-0.2, -0.15) is 5.26 Å². The molecule has 2 aliphatic rings. The van der Waals surface area contributed by atoms with Gasteiger partial charge in [-0.3, -0.25) is 14.4 Å². The first kappa shape index (κ1) is 20.5. The van der Waals surface area contributed by atoms with Gasteiger partial charge in [0.1, 0.15) is 18.3 Å². The van der Waals surface area contributed by atoms with E-state index in [1.165, 1.54) is 11.0 Å². The molecule has 2 fully saturated rings. The van der Waals surface area contributed by atoms with Crippen molar-refractivity contribution in [3.63, 3.8) is 0 Å². The summed E-state index contributed by atoms with van der Waals surface area (Å²) in [5.74, 6) is -1.49. The molecule has 0 bridgehead atoms. The minimum absolute atomic E-state index is 0.112. The van der Waals surface area contributed by atoms with Crippen molar-refractivity contribution in [3.8, 4) is 6.07 Å². The number of likely N-dealkylation sites (tertiary alicyclic amines) is 1. The number of nitrogens with one attached hydrogen (secondary N) is 2. The van der Waals surface area contributed by atoms with Crippen LogP contribution in [0.25, 0.3) is 6.08 Å². The van der Waals surface area contributed by atoms with Gasteiger partial charge in [-0.1, -0.05) is 30.3 Å². The van der Waals surface area contributed by atoms with Gasteiger partial charge >= 0.3 is 0 Å². The Hall–Kier alpha value is -3.21. The second-order valence-electron chi connectivity index (χ2n) is 7.29. The molecule has 1 aromatic rings. The molecule has 2 N–H and O–H groups in total. The largest absolute Gasteiger partial charge is 0.356 e. The predicted molar refractivity (Wildman–Crippen MR) is 104 cm³/mol. The van der Waals surface area contributed by atoms with Crippen LogP contribution >= 0.6 is 0 Å². The van der Waals surface area contributed by atoms with Crippen molar-refractivity contribution in [1.29, 1.82) is 5.26 Å². The van der Waals surface area contributed by atoms with Crippen LogP contribution < -0.4 is 10.6 Å². The number of nitrogens with zero attached hydrogens (tertiary/aromatic N) is 2. The SMILES string of the molecule is N#C[C@H](C[C@@H]1CCNC1=O)NC(=O)[C@@H]1C[C@H](F)CN1C(=O)/C=C/c1ccccc1. The Bertz CT molecular complexity index is 836. The average molecular weight is 398 g/mol. The monoisotopic (exact) mass is 398 g/mol. The van der Waals surface area contributed by atoms with E-state index in [-0.39, 0.29) is 31.2 Å². The van der Waals surface area contributed by atoms with Gasteiger partial charge in [0.15, 0.2) is 0 Å². The highest BCUT2D eigenvalue weighted by Crippen LogP contribution is 2.22. The summed E-state index contributed by atoms with van der Waals surface area (Å²) >= 11 is 0. The minimum atomic E-state index is -1.30. The highest BCUT2D eigenvalue weighted by Gasteiger charge is 2.40. The second kappa shape index (κ2) is 9.32. The predicted octanol–water partition coefficient (Wildman–Crippen LogP) is 1.17. The smallest absolute Gasteiger partial charge is 0.247 e. The molecule has 3 amide bonds. The number of hydrogen-bond donors (Lipinski definition) is 2. The van der Waals surface area contributed by atoms with Crippen molar-refractivity contribution >= 4 is 23.8 Å². The Balaban J connectivity index is 1.63. The van der Waals surface area contributed by atoms with Crippen molar-refractivity contribution in [2.45, 2.75) is 37.5 Å². The van der Waals surface area contributed by atoms with Crippen LogP contribution in [-0.4, -0.2) is 54.0 Å². The van der Waals surface area contributed by atoms with E-state index < -0.39 is 30.1 Å². The molecule has 152 valence electrons. The molecule has 2 aliphatic heterocycles. The molecule has 0 aliphatic carbocycles. The lowest BCUT2D eigenvalue weighted by Crippen LogP contribution is -2.48. The van der Waals surface area contributed by atoms with E-state index in [1.807, 2.05) is 36.4 Å². The maximum Gasteiger partial charge on any atom is 0.247 e. The zero-order valence-electron chi connectivity index (χ0n) is 15.9. The van der Waals surface area contributed by atoms with Crippen LogP contribution in [0.4, 0.5) is 4.39 Å². The van der Waals surface area contributed by atoms with Crippen LogP contribution in [0.2, 0.25) is 0 Å². The fourth-order valence-corrected chi connectivity index (χ4v) is 3.67. The number of carbonyl (C=O) groups excluding carboxylic acids is 3. The standard InChI is InChI=1S/C21H23FN4O3/c22-16-11-18(21(29)25-17(12-23)10-15-8-9-24-20(15)28)26(13-16)19(27)7-6-14-4-2-1-3-5-14/h1-7,15-18H,8-11,13H2,(H,24,28)(H,25,29)/b7-6+/t15-,16-,17-,18-/m0/s1. The number of halogens is 1. The normalized spacial score (nSPS) is 24.9. The van der Waals surface area contributed by atoms with Gasteiger partial charge < -0.3 is 15.5 Å². The van der Waals surface area contributed by atoms with Gasteiger partial charge in [-0.25, -0.2) is 4.39 Å². The molecule has 7 nitrogen and oxygen atoms in total. The van der Waals surface area contributed by atoms with Crippen LogP contribution in [0.5, 0.6) is 0 Å². The van der Waals surface area contributed by atoms with Crippen molar-refractivity contribution in [2.75, 3.05) is 13.1 Å². The van der Waals surface area contributed by atoms with Crippen LogP contribution in [0, 0.1) is 17.2 Å². The Kier molecular flexibility index (Phi) is 6.60. The third-order valence-corrected chi connectivity index (χ3v) is 5.21. The first-order valence-electron chi connectivity index (χ1n) is 9.63. The van der Waals surface area contributed by atoms with E-state index in [9.17, 15) is 24.0 Å². The average Bonchev–Trinajstić information content (AvgIpc) is 3.31. The second-order valence-corrected chi connectivity index (χ2v) is 7.29. The topological polar surface area (TPSA) is 102 Å². The number of benzene rings is 1. The van der Waals surface area contributed by atoms with E-state index in [0.717, 1.165) is 5.56 Å². The lowest BCUT2D eigenvalue weighted by Gasteiger charge is -2.24. The third kappa shape index (κ3) is 5.19. The van der Waals surface area contributed by atoms with E-state index in [0.29, 0.717) is 13.0 Å². The summed E-state index contributed by atoms with van der Waals surface area (Å²) in [7, 11) is 0. The molecule has 0 spiro atoms. The van der Waals surface area contributed by atoms with Gasteiger partial charge in [0, 0.05) is 25.0 Å². The van der Waals surface area contributed by atoms with Crippen molar-refractivity contribution in [2.24, 2.45) is 5.92 Å². The molecule has 0 radical (unpaired) electrons. The molecule has 4 atom stereocenters. The zero-order valence-corrected chi connectivity index (χ0v) is 15.9. The molecule has 2 saturated heterocycles. The Labute approximate surface area is 168 Å². The highest BCUT2D eigenvalue weighted by atomic mass is 19.1. The molecule has 1 aromatic carbocycles. The summed E-state index contributed by atoms with van der Waals surface area (Å²) in [6.45, 7) is 0.385. The number of carbonyl (C=O) groups is 3. The molecular weight excluding hydrogens is 375 g/mol. The highest BCUT2D eigenvalue weighted by molar-refractivity contribution is 5.96. The van der Waals surface area contributed by atoms with Gasteiger partial charge in [0.25, 0.3) is 0 Å². The molecule has 2 heterocycles. The van der Waals surface area contributed by atoms with Crippen LogP contribution in [-0.2, 0) is 14.4 Å². The maximum atomic E-state index is 14.0. The summed E-state index contributed by atoms with van der Waals surface area (Å²) in [6, 6.07) is 9.31. The summed E-state index contributed by atoms with van der Waals surface area (Å²) < 4.78 is 14.0. The summed E-state index contributed by atoms with van der Waals surface area (Å²) in [5, 5.41) is 14.6. The Morgan fingerprint density at radius 1 is 1.38 bits per heavy atom. The molecule has 8 heteroatoms. The van der Waals surface area contributed by atoms with E-state index >= 15 is 0 Å². The van der Waals surface area contributed by atoms with E-state index in [1.54, 1.807) is 6.08 Å². The summed E-state index contributed by atoms with van der Waals surface area (Å²) in [6.07, 6.45) is 2.32. The molecule has 3 rings (SSSR count). The number of amides is 3. The third-order valence-electron chi connectivity index (χ3n) is 5.21. The summed E-state index contributed by atoms with van der Waals surface area (Å²) in [5.41, 5.74) is 0.817. The molecule has 0 aromatic heterocycles. The fourth-order valence-electron chi connectivity index (χ4n) is 3.67. The van der Waals surface area contributed by atoms with E-state index in [4.69, 9.17) is 0 Å². The first-order valence-corrected chi connectivity index (χ1v) is 9.63. The lowest BCUT2D eigenvalue weighted by atomic mass is 9.99. The molecule has 29 heavy (non-hydrogen) atoms.